The summed E-state index contributed by atoms with van der Waals surface area (Å²) in [6.45, 7) is 3.50. The minimum Gasteiger partial charge on any atom is -0.369 e. The van der Waals surface area contributed by atoms with Gasteiger partial charge in [0.1, 0.15) is 6.10 Å². The Morgan fingerprint density at radius 3 is 2.71 bits per heavy atom. The van der Waals surface area contributed by atoms with Gasteiger partial charge >= 0.3 is 6.03 Å². The fourth-order valence-corrected chi connectivity index (χ4v) is 3.75. The Hall–Kier alpha value is -2.61. The number of carbonyl (C=O) groups is 2. The third-order valence-electron chi connectivity index (χ3n) is 5.06. The summed E-state index contributed by atoms with van der Waals surface area (Å²) >= 11 is 6.31. The molecule has 7 nitrogen and oxygen atoms in total. The van der Waals surface area contributed by atoms with E-state index in [1.54, 1.807) is 9.80 Å². The smallest absolute Gasteiger partial charge is 0.318 e. The van der Waals surface area contributed by atoms with Gasteiger partial charge in [-0.15, -0.1) is 0 Å². The summed E-state index contributed by atoms with van der Waals surface area (Å²) in [6.07, 6.45) is -0.258. The van der Waals surface area contributed by atoms with Crippen LogP contribution in [0.15, 0.2) is 48.5 Å². The number of hydrogen-bond donors (Lipinski definition) is 2. The molecule has 1 heterocycles. The van der Waals surface area contributed by atoms with E-state index in [1.165, 1.54) is 0 Å². The maximum absolute atomic E-state index is 12.9. The Bertz CT molecular complexity index is 921. The summed E-state index contributed by atoms with van der Waals surface area (Å²) in [6, 6.07) is 14.8. The van der Waals surface area contributed by atoms with E-state index in [4.69, 9.17) is 16.3 Å². The minimum absolute atomic E-state index is 0.0459. The number of nitrogens with one attached hydrogen (secondary N) is 2. The number of benzene rings is 2. The van der Waals surface area contributed by atoms with Crippen LogP contribution < -0.4 is 10.6 Å². The number of likely N-dealkylation sites (N-methyl/N-ethyl adjacent to an activating group) is 1. The van der Waals surface area contributed by atoms with Crippen molar-refractivity contribution < 1.29 is 14.3 Å². The van der Waals surface area contributed by atoms with Gasteiger partial charge in [-0.05, 0) is 44.8 Å². The van der Waals surface area contributed by atoms with Gasteiger partial charge in [-0.2, -0.15) is 0 Å². The van der Waals surface area contributed by atoms with Gasteiger partial charge in [-0.1, -0.05) is 41.9 Å². The number of rotatable bonds is 6. The van der Waals surface area contributed by atoms with E-state index in [0.29, 0.717) is 37.0 Å². The predicted octanol–water partition coefficient (Wildman–Crippen LogP) is 3.51. The van der Waals surface area contributed by atoms with Gasteiger partial charge in [0.15, 0.2) is 0 Å². The molecule has 0 radical (unpaired) electrons. The molecule has 31 heavy (non-hydrogen) atoms. The molecule has 0 aliphatic carbocycles. The first-order valence-corrected chi connectivity index (χ1v) is 10.7. The molecule has 2 N–H and O–H groups in total. The molecule has 2 aromatic rings. The van der Waals surface area contributed by atoms with Crippen molar-refractivity contribution >= 4 is 29.2 Å². The van der Waals surface area contributed by atoms with Crippen molar-refractivity contribution in [1.82, 2.24) is 15.1 Å². The number of urea groups is 1. The topological polar surface area (TPSA) is 73.9 Å². The lowest BCUT2D eigenvalue weighted by atomic mass is 10.1. The molecule has 1 aliphatic heterocycles. The standard InChI is InChI=1S/C23H29ClN4O3/c1-16-15-31-21(19-9-4-5-10-20(19)24)13-28(16)23(30)25-12-17-7-6-8-18(11-17)26-22(29)14-27(2)3/h4-11,16,21H,12-15H2,1-3H3,(H,25,30)(H,26,29). The zero-order valence-corrected chi connectivity index (χ0v) is 18.9. The van der Waals surface area contributed by atoms with Crippen LogP contribution >= 0.6 is 11.6 Å². The molecule has 0 aromatic heterocycles. The largest absolute Gasteiger partial charge is 0.369 e. The first-order valence-electron chi connectivity index (χ1n) is 10.3. The molecule has 0 spiro atoms. The molecule has 2 atom stereocenters. The Morgan fingerprint density at radius 1 is 1.19 bits per heavy atom. The van der Waals surface area contributed by atoms with Crippen molar-refractivity contribution in [2.24, 2.45) is 0 Å². The quantitative estimate of drug-likeness (QED) is 0.715. The van der Waals surface area contributed by atoms with Crippen LogP contribution in [0.5, 0.6) is 0 Å². The fourth-order valence-electron chi connectivity index (χ4n) is 3.49. The molecule has 1 saturated heterocycles. The zero-order chi connectivity index (χ0) is 22.4. The van der Waals surface area contributed by atoms with Crippen LogP contribution in [0.25, 0.3) is 0 Å². The average Bonchev–Trinajstić information content (AvgIpc) is 2.72. The Morgan fingerprint density at radius 2 is 1.97 bits per heavy atom. The summed E-state index contributed by atoms with van der Waals surface area (Å²) in [5, 5.41) is 6.48. The minimum atomic E-state index is -0.258. The summed E-state index contributed by atoms with van der Waals surface area (Å²) in [4.78, 5) is 28.4. The van der Waals surface area contributed by atoms with Gasteiger partial charge < -0.3 is 25.2 Å². The molecular formula is C23H29ClN4O3. The SMILES string of the molecule is CC1COC(c2ccccc2Cl)CN1C(=O)NCc1cccc(NC(=O)CN(C)C)c1. The van der Waals surface area contributed by atoms with E-state index < -0.39 is 0 Å². The predicted molar refractivity (Wildman–Crippen MR) is 122 cm³/mol. The van der Waals surface area contributed by atoms with Crippen LogP contribution in [0.3, 0.4) is 0 Å². The fraction of sp³-hybridized carbons (Fsp3) is 0.391. The second-order valence-electron chi connectivity index (χ2n) is 7.99. The Labute approximate surface area is 188 Å². The van der Waals surface area contributed by atoms with Crippen molar-refractivity contribution in [3.8, 4) is 0 Å². The first-order chi connectivity index (χ1) is 14.8. The van der Waals surface area contributed by atoms with E-state index in [2.05, 4.69) is 10.6 Å². The van der Waals surface area contributed by atoms with Crippen molar-refractivity contribution in [1.29, 1.82) is 0 Å². The second kappa shape index (κ2) is 10.6. The van der Waals surface area contributed by atoms with Crippen LogP contribution in [-0.4, -0.2) is 61.6 Å². The molecule has 8 heteroatoms. The maximum atomic E-state index is 12.9. The highest BCUT2D eigenvalue weighted by atomic mass is 35.5. The van der Waals surface area contributed by atoms with Gasteiger partial charge in [0.2, 0.25) is 5.91 Å². The molecular weight excluding hydrogens is 416 g/mol. The molecule has 3 rings (SSSR count). The number of nitrogens with zero attached hydrogens (tertiary/aromatic N) is 2. The number of amides is 3. The average molecular weight is 445 g/mol. The van der Waals surface area contributed by atoms with E-state index in [-0.39, 0.29) is 24.1 Å². The Kier molecular flexibility index (Phi) is 7.90. The third kappa shape index (κ3) is 6.43. The van der Waals surface area contributed by atoms with E-state index in [1.807, 2.05) is 69.6 Å². The molecule has 166 valence electrons. The molecule has 2 unspecified atom stereocenters. The number of morpholine rings is 1. The lowest BCUT2D eigenvalue weighted by molar-refractivity contribution is -0.116. The monoisotopic (exact) mass is 444 g/mol. The van der Waals surface area contributed by atoms with Crippen molar-refractivity contribution in [3.05, 3.63) is 64.7 Å². The molecule has 2 aromatic carbocycles. The summed E-state index contributed by atoms with van der Waals surface area (Å²) in [5.74, 6) is -0.0843. The molecule has 1 fully saturated rings. The normalized spacial score (nSPS) is 18.7. The van der Waals surface area contributed by atoms with Crippen LogP contribution in [0, 0.1) is 0 Å². The van der Waals surface area contributed by atoms with Crippen LogP contribution in [-0.2, 0) is 16.1 Å². The van der Waals surface area contributed by atoms with Crippen LogP contribution in [0.1, 0.15) is 24.2 Å². The van der Waals surface area contributed by atoms with Gasteiger partial charge in [-0.25, -0.2) is 4.79 Å². The highest BCUT2D eigenvalue weighted by Gasteiger charge is 2.31. The summed E-state index contributed by atoms with van der Waals surface area (Å²) in [5.41, 5.74) is 2.49. The number of ether oxygens (including phenoxy) is 1. The van der Waals surface area contributed by atoms with E-state index in [0.717, 1.165) is 11.1 Å². The lowest BCUT2D eigenvalue weighted by Crippen LogP contribution is -2.51. The number of anilines is 1. The molecule has 0 bridgehead atoms. The van der Waals surface area contributed by atoms with Gasteiger partial charge in [-0.3, -0.25) is 4.79 Å². The van der Waals surface area contributed by atoms with Crippen LogP contribution in [0.2, 0.25) is 5.02 Å². The van der Waals surface area contributed by atoms with Gasteiger partial charge in [0.25, 0.3) is 0 Å². The lowest BCUT2D eigenvalue weighted by Gasteiger charge is -2.38. The van der Waals surface area contributed by atoms with E-state index >= 15 is 0 Å². The van der Waals surface area contributed by atoms with Crippen molar-refractivity contribution in [2.75, 3.05) is 39.1 Å². The first kappa shape index (κ1) is 23.1. The van der Waals surface area contributed by atoms with Crippen molar-refractivity contribution in [3.63, 3.8) is 0 Å². The number of halogens is 1. The highest BCUT2D eigenvalue weighted by molar-refractivity contribution is 6.31. The summed E-state index contributed by atoms with van der Waals surface area (Å²) < 4.78 is 5.93. The molecule has 1 aliphatic rings. The molecule has 0 saturated carbocycles. The third-order valence-corrected chi connectivity index (χ3v) is 5.40. The van der Waals surface area contributed by atoms with Crippen LogP contribution in [0.4, 0.5) is 10.5 Å². The maximum Gasteiger partial charge on any atom is 0.318 e. The van der Waals surface area contributed by atoms with Crippen molar-refractivity contribution in [2.45, 2.75) is 25.6 Å². The zero-order valence-electron chi connectivity index (χ0n) is 18.1. The number of hydrogen-bond acceptors (Lipinski definition) is 4. The summed E-state index contributed by atoms with van der Waals surface area (Å²) in [7, 11) is 3.68. The van der Waals surface area contributed by atoms with Gasteiger partial charge in [0.05, 0.1) is 25.7 Å². The second-order valence-corrected chi connectivity index (χ2v) is 8.40. The number of carbonyl (C=O) groups excluding carboxylic acids is 2. The van der Waals surface area contributed by atoms with Gasteiger partial charge in [0, 0.05) is 22.8 Å². The Balaban J connectivity index is 1.59. The highest BCUT2D eigenvalue weighted by Crippen LogP contribution is 2.30. The van der Waals surface area contributed by atoms with E-state index in [9.17, 15) is 9.59 Å². The molecule has 3 amide bonds.